The molecular weight excluding hydrogens is 272 g/mol. The highest BCUT2D eigenvalue weighted by Crippen LogP contribution is 2.29. The van der Waals surface area contributed by atoms with Gasteiger partial charge in [0, 0.05) is 10.8 Å². The number of rotatable bonds is 1. The second kappa shape index (κ2) is 6.30. The number of fused-ring (bicyclic) bond motifs is 3. The number of nitrogens with zero attached hydrogens (tertiary/aromatic N) is 1. The fourth-order valence-electron chi connectivity index (χ4n) is 3.28. The first-order valence-electron chi connectivity index (χ1n) is 8.03. The van der Waals surface area contributed by atoms with Crippen LogP contribution in [-0.2, 0) is 0 Å². The van der Waals surface area contributed by atoms with Gasteiger partial charge in [-0.1, -0.05) is 43.5 Å². The average molecular weight is 294 g/mol. The molecule has 0 spiro atoms. The summed E-state index contributed by atoms with van der Waals surface area (Å²) in [6, 6.07) is 10.6. The highest BCUT2D eigenvalue weighted by molar-refractivity contribution is 6.17. The van der Waals surface area contributed by atoms with Gasteiger partial charge in [0.1, 0.15) is 0 Å². The van der Waals surface area contributed by atoms with E-state index >= 15 is 0 Å². The van der Waals surface area contributed by atoms with Gasteiger partial charge in [-0.25, -0.2) is 0 Å². The van der Waals surface area contributed by atoms with E-state index in [2.05, 4.69) is 11.1 Å². The molecule has 114 valence electrons. The van der Waals surface area contributed by atoms with Gasteiger partial charge in [-0.15, -0.1) is 0 Å². The van der Waals surface area contributed by atoms with Crippen molar-refractivity contribution in [3.8, 4) is 0 Å². The molecular formula is C19H22N2O. The lowest BCUT2D eigenvalue weighted by molar-refractivity contribution is 0.444. The van der Waals surface area contributed by atoms with E-state index in [1.165, 1.54) is 49.4 Å². The zero-order valence-corrected chi connectivity index (χ0v) is 13.0. The van der Waals surface area contributed by atoms with Crippen molar-refractivity contribution in [1.29, 1.82) is 0 Å². The van der Waals surface area contributed by atoms with Crippen molar-refractivity contribution in [1.82, 2.24) is 0 Å². The molecule has 0 amide bonds. The molecule has 0 aromatic heterocycles. The van der Waals surface area contributed by atoms with Gasteiger partial charge in [0.05, 0.1) is 12.4 Å². The summed E-state index contributed by atoms with van der Waals surface area (Å²) in [4.78, 5) is 15.4. The average Bonchev–Trinajstić information content (AvgIpc) is 3.20. The predicted molar refractivity (Wildman–Crippen MR) is 94.4 cm³/mol. The van der Waals surface area contributed by atoms with Gasteiger partial charge >= 0.3 is 0 Å². The molecule has 0 aliphatic heterocycles. The lowest BCUT2D eigenvalue weighted by Gasteiger charge is -2.16. The standard InChI is InChI=1S/C12H8O.C7H14N2/c1-7-6-10-11(12(10)13)9-5-3-2-4-8(7)9;8-6-9-7-4-2-1-3-5-7/h2-6H,1H3;6-7H,1-5H2,(H2,8,9). The fourth-order valence-corrected chi connectivity index (χ4v) is 3.28. The van der Waals surface area contributed by atoms with Crippen LogP contribution in [0.2, 0.25) is 0 Å². The number of nitrogens with two attached hydrogens (primary N) is 1. The molecule has 2 N–H and O–H groups in total. The lowest BCUT2D eigenvalue weighted by atomic mass is 9.96. The maximum absolute atomic E-state index is 11.3. The zero-order chi connectivity index (χ0) is 15.5. The molecule has 3 aromatic carbocycles. The number of aryl methyl sites for hydroxylation is 1. The molecule has 0 atom stereocenters. The van der Waals surface area contributed by atoms with Crippen LogP contribution in [0.15, 0.2) is 40.1 Å². The third-order valence-electron chi connectivity index (χ3n) is 4.53. The molecule has 1 aliphatic carbocycles. The van der Waals surface area contributed by atoms with Crippen LogP contribution in [0.1, 0.15) is 37.7 Å². The van der Waals surface area contributed by atoms with Gasteiger partial charge in [0.25, 0.3) is 0 Å². The first-order chi connectivity index (χ1) is 10.7. The SMILES string of the molecule is Cc1cc2c(=O)c2c2ccccc12.NC=NC1CCCCC1. The van der Waals surface area contributed by atoms with Crippen molar-refractivity contribution < 1.29 is 0 Å². The maximum Gasteiger partial charge on any atom is 0.195 e. The molecule has 1 saturated carbocycles. The summed E-state index contributed by atoms with van der Waals surface area (Å²) in [5.41, 5.74) is 6.59. The second-order valence-corrected chi connectivity index (χ2v) is 6.08. The van der Waals surface area contributed by atoms with Crippen LogP contribution >= 0.6 is 0 Å². The summed E-state index contributed by atoms with van der Waals surface area (Å²) in [5, 5.41) is 4.16. The molecule has 3 aromatic rings. The summed E-state index contributed by atoms with van der Waals surface area (Å²) in [6.07, 6.45) is 7.98. The largest absolute Gasteiger partial charge is 0.390 e. The topological polar surface area (TPSA) is 55.5 Å². The Morgan fingerprint density at radius 2 is 1.77 bits per heavy atom. The molecule has 4 rings (SSSR count). The third-order valence-corrected chi connectivity index (χ3v) is 4.53. The van der Waals surface area contributed by atoms with Crippen LogP contribution in [0.4, 0.5) is 0 Å². The van der Waals surface area contributed by atoms with E-state index in [1.54, 1.807) is 0 Å². The zero-order valence-electron chi connectivity index (χ0n) is 13.0. The smallest absolute Gasteiger partial charge is 0.195 e. The number of benzene rings is 2. The van der Waals surface area contributed by atoms with Crippen LogP contribution < -0.4 is 11.2 Å². The van der Waals surface area contributed by atoms with E-state index in [4.69, 9.17) is 5.73 Å². The molecule has 0 heterocycles. The van der Waals surface area contributed by atoms with Gasteiger partial charge in [0.2, 0.25) is 0 Å². The molecule has 0 bridgehead atoms. The Balaban J connectivity index is 0.000000142. The fraction of sp³-hybridized carbons (Fsp3) is 0.368. The van der Waals surface area contributed by atoms with Crippen molar-refractivity contribution in [3.63, 3.8) is 0 Å². The van der Waals surface area contributed by atoms with Crippen LogP contribution in [-0.4, -0.2) is 12.4 Å². The number of hydrogen-bond acceptors (Lipinski definition) is 2. The molecule has 3 heteroatoms. The van der Waals surface area contributed by atoms with Gasteiger partial charge < -0.3 is 5.73 Å². The van der Waals surface area contributed by atoms with Gasteiger partial charge in [-0.3, -0.25) is 9.79 Å². The minimum atomic E-state index is 0.226. The monoisotopic (exact) mass is 294 g/mol. The molecule has 22 heavy (non-hydrogen) atoms. The predicted octanol–water partition coefficient (Wildman–Crippen LogP) is 3.84. The molecule has 0 unspecified atom stereocenters. The van der Waals surface area contributed by atoms with Crippen molar-refractivity contribution in [2.45, 2.75) is 45.1 Å². The molecule has 1 aliphatic rings. The number of aliphatic imine (C=N–C) groups is 1. The minimum Gasteiger partial charge on any atom is -0.390 e. The van der Waals surface area contributed by atoms with E-state index in [0.29, 0.717) is 6.04 Å². The van der Waals surface area contributed by atoms with Crippen molar-refractivity contribution in [2.75, 3.05) is 0 Å². The van der Waals surface area contributed by atoms with Crippen molar-refractivity contribution >= 4 is 27.9 Å². The first-order valence-corrected chi connectivity index (χ1v) is 8.03. The van der Waals surface area contributed by atoms with Crippen LogP contribution in [0.3, 0.4) is 0 Å². The Kier molecular flexibility index (Phi) is 4.23. The quantitative estimate of drug-likeness (QED) is 0.547. The molecule has 1 fully saturated rings. The number of hydrogen-bond donors (Lipinski definition) is 1. The Hall–Kier alpha value is -2.16. The van der Waals surface area contributed by atoms with E-state index < -0.39 is 0 Å². The summed E-state index contributed by atoms with van der Waals surface area (Å²) in [5.74, 6) is 0. The maximum atomic E-state index is 11.3. The Labute approximate surface area is 130 Å². The van der Waals surface area contributed by atoms with Crippen molar-refractivity contribution in [2.24, 2.45) is 10.7 Å². The summed E-state index contributed by atoms with van der Waals surface area (Å²) >= 11 is 0. The van der Waals surface area contributed by atoms with E-state index in [1.807, 2.05) is 31.2 Å². The first kappa shape index (κ1) is 14.8. The normalized spacial score (nSPS) is 16.4. The highest BCUT2D eigenvalue weighted by atomic mass is 16.1. The Morgan fingerprint density at radius 1 is 1.09 bits per heavy atom. The Bertz CT molecular complexity index is 819. The van der Waals surface area contributed by atoms with E-state index in [9.17, 15) is 4.79 Å². The third kappa shape index (κ3) is 2.89. The second-order valence-electron chi connectivity index (χ2n) is 6.08. The summed E-state index contributed by atoms with van der Waals surface area (Å²) in [7, 11) is 0. The summed E-state index contributed by atoms with van der Waals surface area (Å²) in [6.45, 7) is 2.05. The van der Waals surface area contributed by atoms with Crippen LogP contribution in [0, 0.1) is 6.92 Å². The highest BCUT2D eigenvalue weighted by Gasteiger charge is 2.16. The van der Waals surface area contributed by atoms with Crippen LogP contribution in [0.5, 0.6) is 0 Å². The van der Waals surface area contributed by atoms with Gasteiger partial charge in [0.15, 0.2) is 5.43 Å². The van der Waals surface area contributed by atoms with Crippen molar-refractivity contribution in [3.05, 3.63) is 46.1 Å². The van der Waals surface area contributed by atoms with Crippen LogP contribution in [0.25, 0.3) is 21.5 Å². The lowest BCUT2D eigenvalue weighted by Crippen LogP contribution is -2.10. The molecule has 0 saturated heterocycles. The molecule has 3 nitrogen and oxygen atoms in total. The van der Waals surface area contributed by atoms with E-state index in [-0.39, 0.29) is 5.43 Å². The van der Waals surface area contributed by atoms with Gasteiger partial charge in [-0.2, -0.15) is 0 Å². The Morgan fingerprint density at radius 3 is 2.45 bits per heavy atom. The summed E-state index contributed by atoms with van der Waals surface area (Å²) < 4.78 is 0. The minimum absolute atomic E-state index is 0.226. The molecule has 0 radical (unpaired) electrons. The van der Waals surface area contributed by atoms with Gasteiger partial charge in [-0.05, 0) is 42.2 Å². The van der Waals surface area contributed by atoms with E-state index in [0.717, 1.165) is 16.2 Å².